The second kappa shape index (κ2) is 6.66. The van der Waals surface area contributed by atoms with E-state index in [4.69, 9.17) is 10.00 Å². The largest absolute Gasteiger partial charge is 0.493 e. The summed E-state index contributed by atoms with van der Waals surface area (Å²) < 4.78 is 5.73. The second-order valence-corrected chi connectivity index (χ2v) is 5.25. The van der Waals surface area contributed by atoms with E-state index in [0.29, 0.717) is 6.61 Å². The van der Waals surface area contributed by atoms with E-state index in [9.17, 15) is 0 Å². The molecule has 0 saturated heterocycles. The van der Waals surface area contributed by atoms with Gasteiger partial charge in [0.2, 0.25) is 0 Å². The van der Waals surface area contributed by atoms with Gasteiger partial charge in [0.25, 0.3) is 0 Å². The fourth-order valence-electron chi connectivity index (χ4n) is 1.51. The van der Waals surface area contributed by atoms with E-state index in [1.165, 1.54) is 0 Å². The summed E-state index contributed by atoms with van der Waals surface area (Å²) >= 11 is 3.44. The summed E-state index contributed by atoms with van der Waals surface area (Å²) in [5.41, 5.74) is 0.908. The third kappa shape index (κ3) is 4.79. The van der Waals surface area contributed by atoms with Crippen molar-refractivity contribution in [2.75, 3.05) is 6.61 Å². The van der Waals surface area contributed by atoms with E-state index >= 15 is 0 Å². The first kappa shape index (κ1) is 14.1. The number of halogens is 1. The first-order valence-electron chi connectivity index (χ1n) is 5.77. The minimum absolute atomic E-state index is 0.252. The Morgan fingerprint density at radius 3 is 2.71 bits per heavy atom. The molecule has 2 nitrogen and oxygen atoms in total. The van der Waals surface area contributed by atoms with Crippen molar-refractivity contribution in [1.82, 2.24) is 0 Å². The van der Waals surface area contributed by atoms with Crippen LogP contribution in [-0.2, 0) is 5.33 Å². The average Bonchev–Trinajstić information content (AvgIpc) is 2.35. The average molecular weight is 296 g/mol. The minimum atomic E-state index is -0.252. The normalized spacial score (nSPS) is 10.9. The summed E-state index contributed by atoms with van der Waals surface area (Å²) in [4.78, 5) is 0. The van der Waals surface area contributed by atoms with Crippen LogP contribution in [0.15, 0.2) is 24.3 Å². The zero-order valence-electron chi connectivity index (χ0n) is 10.4. The van der Waals surface area contributed by atoms with Crippen molar-refractivity contribution in [3.05, 3.63) is 29.8 Å². The fourth-order valence-corrected chi connectivity index (χ4v) is 1.97. The van der Waals surface area contributed by atoms with Crippen molar-refractivity contribution in [3.63, 3.8) is 0 Å². The highest BCUT2D eigenvalue weighted by atomic mass is 79.9. The van der Waals surface area contributed by atoms with Crippen molar-refractivity contribution < 1.29 is 4.74 Å². The van der Waals surface area contributed by atoms with Crippen LogP contribution in [0.25, 0.3) is 0 Å². The lowest BCUT2D eigenvalue weighted by atomic mass is 9.90. The van der Waals surface area contributed by atoms with Crippen molar-refractivity contribution in [2.45, 2.75) is 32.0 Å². The topological polar surface area (TPSA) is 33.0 Å². The Bertz CT molecular complexity index is 395. The number of para-hydroxylation sites is 1. The van der Waals surface area contributed by atoms with Gasteiger partial charge < -0.3 is 4.74 Å². The van der Waals surface area contributed by atoms with Crippen molar-refractivity contribution in [3.8, 4) is 11.8 Å². The molecule has 0 heterocycles. The third-order valence-electron chi connectivity index (χ3n) is 2.62. The second-order valence-electron chi connectivity index (χ2n) is 4.69. The molecule has 0 aliphatic heterocycles. The number of rotatable bonds is 6. The molecule has 0 radical (unpaired) electrons. The van der Waals surface area contributed by atoms with E-state index in [2.05, 4.69) is 22.0 Å². The molecule has 0 fully saturated rings. The number of alkyl halides is 1. The predicted octanol–water partition coefficient (Wildman–Crippen LogP) is 4.29. The molecule has 0 N–H and O–H groups in total. The van der Waals surface area contributed by atoms with Crippen LogP contribution in [0.2, 0.25) is 0 Å². The highest BCUT2D eigenvalue weighted by Gasteiger charge is 2.15. The Morgan fingerprint density at radius 2 is 2.06 bits per heavy atom. The maximum Gasteiger partial charge on any atom is 0.123 e. The SMILES string of the molecule is CC(C)(C#N)CCCOc1ccccc1CBr. The van der Waals surface area contributed by atoms with E-state index < -0.39 is 0 Å². The van der Waals surface area contributed by atoms with Gasteiger partial charge in [-0.05, 0) is 32.8 Å². The highest BCUT2D eigenvalue weighted by Crippen LogP contribution is 2.23. The molecule has 0 aliphatic carbocycles. The molecule has 3 heteroatoms. The van der Waals surface area contributed by atoms with Gasteiger partial charge in [-0.3, -0.25) is 0 Å². The molecule has 0 unspecified atom stereocenters. The molecule has 1 aromatic carbocycles. The number of hydrogen-bond acceptors (Lipinski definition) is 2. The van der Waals surface area contributed by atoms with Gasteiger partial charge in [0, 0.05) is 10.9 Å². The monoisotopic (exact) mass is 295 g/mol. The Morgan fingerprint density at radius 1 is 1.35 bits per heavy atom. The minimum Gasteiger partial charge on any atom is -0.493 e. The fraction of sp³-hybridized carbons (Fsp3) is 0.500. The van der Waals surface area contributed by atoms with Gasteiger partial charge >= 0.3 is 0 Å². The predicted molar refractivity (Wildman–Crippen MR) is 73.2 cm³/mol. The van der Waals surface area contributed by atoms with Gasteiger partial charge in [-0.1, -0.05) is 34.1 Å². The Labute approximate surface area is 112 Å². The van der Waals surface area contributed by atoms with Gasteiger partial charge in [0.15, 0.2) is 0 Å². The first-order valence-corrected chi connectivity index (χ1v) is 6.89. The summed E-state index contributed by atoms with van der Waals surface area (Å²) in [6.07, 6.45) is 1.76. The molecule has 0 aromatic heterocycles. The van der Waals surface area contributed by atoms with Crippen molar-refractivity contribution >= 4 is 15.9 Å². The van der Waals surface area contributed by atoms with Gasteiger partial charge in [-0.2, -0.15) is 5.26 Å². The van der Waals surface area contributed by atoms with Crippen LogP contribution in [0, 0.1) is 16.7 Å². The zero-order chi connectivity index (χ0) is 12.7. The molecular weight excluding hydrogens is 278 g/mol. The van der Waals surface area contributed by atoms with Crippen LogP contribution in [0.1, 0.15) is 32.3 Å². The molecule has 0 amide bonds. The lowest BCUT2D eigenvalue weighted by molar-refractivity contribution is 0.282. The van der Waals surface area contributed by atoms with Crippen LogP contribution >= 0.6 is 15.9 Å². The van der Waals surface area contributed by atoms with E-state index in [0.717, 1.165) is 29.5 Å². The molecule has 0 aliphatic rings. The van der Waals surface area contributed by atoms with E-state index in [1.807, 2.05) is 38.1 Å². The maximum atomic E-state index is 8.90. The molecule has 0 saturated carbocycles. The molecular formula is C14H18BrNO. The number of hydrogen-bond donors (Lipinski definition) is 0. The van der Waals surface area contributed by atoms with Crippen molar-refractivity contribution in [1.29, 1.82) is 5.26 Å². The van der Waals surface area contributed by atoms with Crippen LogP contribution in [0.4, 0.5) is 0 Å². The van der Waals surface area contributed by atoms with Gasteiger partial charge in [0.1, 0.15) is 5.75 Å². The molecule has 0 bridgehead atoms. The van der Waals surface area contributed by atoms with E-state index in [1.54, 1.807) is 0 Å². The van der Waals surface area contributed by atoms with Crippen LogP contribution < -0.4 is 4.74 Å². The van der Waals surface area contributed by atoms with Gasteiger partial charge in [0.05, 0.1) is 18.1 Å². The van der Waals surface area contributed by atoms with Gasteiger partial charge in [-0.25, -0.2) is 0 Å². The lowest BCUT2D eigenvalue weighted by Gasteiger charge is -2.15. The third-order valence-corrected chi connectivity index (χ3v) is 3.23. The molecule has 17 heavy (non-hydrogen) atoms. The van der Waals surface area contributed by atoms with Crippen LogP contribution in [0.5, 0.6) is 5.75 Å². The molecule has 0 spiro atoms. The number of nitriles is 1. The zero-order valence-corrected chi connectivity index (χ0v) is 12.0. The summed E-state index contributed by atoms with van der Waals surface area (Å²) in [6, 6.07) is 10.3. The molecule has 1 rings (SSSR count). The van der Waals surface area contributed by atoms with Crippen molar-refractivity contribution in [2.24, 2.45) is 5.41 Å². The molecule has 1 aromatic rings. The number of ether oxygens (including phenoxy) is 1. The van der Waals surface area contributed by atoms with Crippen LogP contribution in [0.3, 0.4) is 0 Å². The molecule has 92 valence electrons. The Kier molecular flexibility index (Phi) is 5.50. The maximum absolute atomic E-state index is 8.90. The van der Waals surface area contributed by atoms with Gasteiger partial charge in [-0.15, -0.1) is 0 Å². The quantitative estimate of drug-likeness (QED) is 0.579. The Hall–Kier alpha value is -1.01. The van der Waals surface area contributed by atoms with E-state index in [-0.39, 0.29) is 5.41 Å². The number of nitrogens with zero attached hydrogens (tertiary/aromatic N) is 1. The lowest BCUT2D eigenvalue weighted by Crippen LogP contribution is -2.10. The Balaban J connectivity index is 2.39. The summed E-state index contributed by atoms with van der Waals surface area (Å²) in [5, 5.41) is 9.69. The summed E-state index contributed by atoms with van der Waals surface area (Å²) in [7, 11) is 0. The highest BCUT2D eigenvalue weighted by molar-refractivity contribution is 9.08. The standard InChI is InChI=1S/C14H18BrNO/c1-14(2,11-16)8-5-9-17-13-7-4-3-6-12(13)10-15/h3-4,6-7H,5,8-10H2,1-2H3. The summed E-state index contributed by atoms with van der Waals surface area (Å²) in [5.74, 6) is 0.930. The number of benzene rings is 1. The van der Waals surface area contributed by atoms with Crippen LogP contribution in [-0.4, -0.2) is 6.61 Å². The smallest absolute Gasteiger partial charge is 0.123 e. The summed E-state index contributed by atoms with van der Waals surface area (Å²) in [6.45, 7) is 4.58. The first-order chi connectivity index (χ1) is 8.09. The molecule has 0 atom stereocenters.